The van der Waals surface area contributed by atoms with Crippen molar-refractivity contribution in [3.05, 3.63) is 71.4 Å². The number of aromatic hydroxyl groups is 1. The minimum absolute atomic E-state index is 0. The van der Waals surface area contributed by atoms with E-state index in [0.29, 0.717) is 29.5 Å². The van der Waals surface area contributed by atoms with Gasteiger partial charge >= 0.3 is 0 Å². The van der Waals surface area contributed by atoms with E-state index in [1.807, 2.05) is 53.9 Å². The number of fused-ring (bicyclic) bond motifs is 1. The molecule has 0 atom stereocenters. The molecule has 2 aromatic carbocycles. The number of phenolic OH excluding ortho intramolecular Hbond substituents is 1. The summed E-state index contributed by atoms with van der Waals surface area (Å²) >= 11 is 1.64. The summed E-state index contributed by atoms with van der Waals surface area (Å²) in [6, 6.07) is 17.0. The monoisotopic (exact) mass is 482 g/mol. The van der Waals surface area contributed by atoms with E-state index in [1.54, 1.807) is 24.3 Å². The molecular formula is C21H21NO5S2V. The van der Waals surface area contributed by atoms with Crippen LogP contribution in [0.4, 0.5) is 0 Å². The number of benzene rings is 2. The molecule has 6 nitrogen and oxygen atoms in total. The average Bonchev–Trinajstić information content (AvgIpc) is 3.30. The molecule has 0 amide bonds. The molecule has 0 aliphatic carbocycles. The van der Waals surface area contributed by atoms with Crippen molar-refractivity contribution in [2.75, 3.05) is 12.9 Å². The van der Waals surface area contributed by atoms with Gasteiger partial charge in [-0.3, -0.25) is 4.18 Å². The minimum Gasteiger partial charge on any atom is -0.507 e. The first kappa shape index (κ1) is 24.2. The molecule has 4 aromatic rings. The van der Waals surface area contributed by atoms with E-state index in [-0.39, 0.29) is 25.2 Å². The standard InChI is InChI=1S/C13H15NO4S.C8H6OS.V/c1-10-12(8-9-17-19(2,15)16)14-13(18-10)11-6-4-3-5-7-11;9-7-2-1-3-8-6(7)4-5-10-8;/h3-7H,8-9H2,1-2H3;1-5,9H;. The van der Waals surface area contributed by atoms with Crippen LogP contribution in [0.15, 0.2) is 64.4 Å². The summed E-state index contributed by atoms with van der Waals surface area (Å²) in [7, 11) is -3.41. The van der Waals surface area contributed by atoms with E-state index in [0.717, 1.165) is 21.9 Å². The Bertz CT molecular complexity index is 1190. The number of oxazole rings is 1. The minimum atomic E-state index is -3.41. The third-order valence-electron chi connectivity index (χ3n) is 4.02. The van der Waals surface area contributed by atoms with Crippen molar-refractivity contribution in [1.82, 2.24) is 4.98 Å². The fourth-order valence-corrected chi connectivity index (χ4v) is 3.83. The Kier molecular flexibility index (Phi) is 8.70. The largest absolute Gasteiger partial charge is 0.507 e. The zero-order valence-electron chi connectivity index (χ0n) is 16.5. The summed E-state index contributed by atoms with van der Waals surface area (Å²) < 4.78 is 33.1. The Labute approximate surface area is 191 Å². The molecular weight excluding hydrogens is 461 g/mol. The van der Waals surface area contributed by atoms with Gasteiger partial charge in [-0.25, -0.2) is 4.98 Å². The van der Waals surface area contributed by atoms with Crippen molar-refractivity contribution in [1.29, 1.82) is 0 Å². The van der Waals surface area contributed by atoms with Crippen LogP contribution in [-0.2, 0) is 39.3 Å². The second kappa shape index (κ2) is 10.8. The average molecular weight is 482 g/mol. The van der Waals surface area contributed by atoms with Crippen LogP contribution in [0.25, 0.3) is 21.5 Å². The summed E-state index contributed by atoms with van der Waals surface area (Å²) in [5, 5.41) is 12.2. The van der Waals surface area contributed by atoms with Gasteiger partial charge in [0.1, 0.15) is 11.5 Å². The van der Waals surface area contributed by atoms with E-state index in [1.165, 1.54) is 0 Å². The maximum Gasteiger partial charge on any atom is 0.264 e. The third-order valence-corrected chi connectivity index (χ3v) is 5.50. The van der Waals surface area contributed by atoms with Gasteiger partial charge in [0.25, 0.3) is 10.1 Å². The van der Waals surface area contributed by atoms with Gasteiger partial charge in [-0.05, 0) is 42.6 Å². The summed E-state index contributed by atoms with van der Waals surface area (Å²) in [5.41, 5.74) is 1.60. The van der Waals surface area contributed by atoms with E-state index in [2.05, 4.69) is 4.98 Å². The Morgan fingerprint density at radius 1 is 1.10 bits per heavy atom. The third kappa shape index (κ3) is 6.72. The Balaban J connectivity index is 0.000000245. The molecule has 30 heavy (non-hydrogen) atoms. The predicted octanol–water partition coefficient (Wildman–Crippen LogP) is 4.77. The van der Waals surface area contributed by atoms with Gasteiger partial charge in [0.05, 0.1) is 18.6 Å². The van der Waals surface area contributed by atoms with Crippen molar-refractivity contribution in [3.8, 4) is 17.2 Å². The van der Waals surface area contributed by atoms with Crippen molar-refractivity contribution in [3.63, 3.8) is 0 Å². The van der Waals surface area contributed by atoms with E-state index < -0.39 is 10.1 Å². The van der Waals surface area contributed by atoms with Crippen LogP contribution in [0.5, 0.6) is 5.75 Å². The molecule has 0 bridgehead atoms. The Hall–Kier alpha value is -2.10. The normalized spacial score (nSPS) is 10.9. The molecule has 0 saturated carbocycles. The fraction of sp³-hybridized carbons (Fsp3) is 0.190. The van der Waals surface area contributed by atoms with E-state index >= 15 is 0 Å². The molecule has 1 radical (unpaired) electrons. The zero-order chi connectivity index (χ0) is 20.9. The summed E-state index contributed by atoms with van der Waals surface area (Å²) in [5.74, 6) is 1.59. The molecule has 9 heteroatoms. The van der Waals surface area contributed by atoms with Gasteiger partial charge in [-0.1, -0.05) is 24.3 Å². The topological polar surface area (TPSA) is 89.6 Å². The molecule has 1 N–H and O–H groups in total. The zero-order valence-corrected chi connectivity index (χ0v) is 19.5. The first-order valence-electron chi connectivity index (χ1n) is 8.85. The van der Waals surface area contributed by atoms with Gasteiger partial charge in [-0.2, -0.15) is 8.42 Å². The molecule has 0 spiro atoms. The summed E-state index contributed by atoms with van der Waals surface area (Å²) in [6.45, 7) is 1.87. The summed E-state index contributed by atoms with van der Waals surface area (Å²) in [4.78, 5) is 4.36. The number of rotatable bonds is 5. The molecule has 0 aliphatic rings. The maximum absolute atomic E-state index is 10.9. The molecule has 0 saturated heterocycles. The number of aromatic nitrogens is 1. The molecule has 0 fully saturated rings. The van der Waals surface area contributed by atoms with E-state index in [4.69, 9.17) is 8.60 Å². The van der Waals surface area contributed by atoms with Gasteiger partial charge in [0.15, 0.2) is 0 Å². The van der Waals surface area contributed by atoms with Crippen LogP contribution in [0.3, 0.4) is 0 Å². The Morgan fingerprint density at radius 3 is 2.50 bits per heavy atom. The molecule has 0 unspecified atom stereocenters. The number of hydrogen-bond acceptors (Lipinski definition) is 7. The summed E-state index contributed by atoms with van der Waals surface area (Å²) in [6.07, 6.45) is 1.42. The molecule has 2 aromatic heterocycles. The van der Waals surface area contributed by atoms with Crippen LogP contribution in [0.1, 0.15) is 11.5 Å². The van der Waals surface area contributed by atoms with Crippen molar-refractivity contribution >= 4 is 31.5 Å². The van der Waals surface area contributed by atoms with E-state index in [9.17, 15) is 13.5 Å². The second-order valence-corrected chi connectivity index (χ2v) is 8.87. The van der Waals surface area contributed by atoms with Crippen molar-refractivity contribution in [2.45, 2.75) is 13.3 Å². The van der Waals surface area contributed by atoms with Crippen LogP contribution in [-0.4, -0.2) is 31.4 Å². The Morgan fingerprint density at radius 2 is 1.83 bits per heavy atom. The molecule has 0 aliphatic heterocycles. The number of aryl methyl sites for hydroxylation is 1. The predicted molar refractivity (Wildman–Crippen MR) is 115 cm³/mol. The van der Waals surface area contributed by atoms with Gasteiger partial charge in [0, 0.05) is 40.6 Å². The van der Waals surface area contributed by atoms with Gasteiger partial charge in [-0.15, -0.1) is 11.3 Å². The van der Waals surface area contributed by atoms with Crippen molar-refractivity contribution in [2.24, 2.45) is 0 Å². The number of thiophene rings is 1. The van der Waals surface area contributed by atoms with Gasteiger partial charge < -0.3 is 9.52 Å². The maximum atomic E-state index is 10.9. The first-order chi connectivity index (χ1) is 13.8. The quantitative estimate of drug-likeness (QED) is 0.412. The smallest absolute Gasteiger partial charge is 0.264 e. The van der Waals surface area contributed by atoms with Crippen LogP contribution in [0, 0.1) is 6.92 Å². The molecule has 4 rings (SSSR count). The first-order valence-corrected chi connectivity index (χ1v) is 11.5. The second-order valence-electron chi connectivity index (χ2n) is 6.27. The fourth-order valence-electron chi connectivity index (χ4n) is 2.63. The van der Waals surface area contributed by atoms with Crippen molar-refractivity contribution < 1.29 is 40.7 Å². The SMILES string of the molecule is Cc1oc(-c2ccccc2)nc1CCOS(C)(=O)=O.Oc1cccc2sccc12.[V]. The van der Waals surface area contributed by atoms with Crippen LogP contribution >= 0.6 is 11.3 Å². The van der Waals surface area contributed by atoms with Crippen LogP contribution < -0.4 is 0 Å². The number of phenols is 1. The molecule has 2 heterocycles. The van der Waals surface area contributed by atoms with Gasteiger partial charge in [0.2, 0.25) is 5.89 Å². The molecule has 157 valence electrons. The van der Waals surface area contributed by atoms with Crippen LogP contribution in [0.2, 0.25) is 0 Å². The number of hydrogen-bond donors (Lipinski definition) is 1. The number of nitrogens with zero attached hydrogens (tertiary/aromatic N) is 1.